The van der Waals surface area contributed by atoms with Gasteiger partial charge in [-0.25, -0.2) is 5.43 Å². The number of hydrazone groups is 1. The van der Waals surface area contributed by atoms with Gasteiger partial charge in [-0.2, -0.15) is 5.10 Å². The molecule has 194 valence electrons. The van der Waals surface area contributed by atoms with Gasteiger partial charge in [0, 0.05) is 5.02 Å². The highest BCUT2D eigenvalue weighted by atomic mass is 35.5. The van der Waals surface area contributed by atoms with Crippen LogP contribution in [0, 0.1) is 12.8 Å². The Kier molecular flexibility index (Phi) is 10.5. The van der Waals surface area contributed by atoms with Crippen molar-refractivity contribution in [2.45, 2.75) is 39.8 Å². The van der Waals surface area contributed by atoms with Crippen LogP contribution in [0.2, 0.25) is 5.02 Å². The van der Waals surface area contributed by atoms with Gasteiger partial charge in [0.1, 0.15) is 24.1 Å². The van der Waals surface area contributed by atoms with Crippen LogP contribution in [0.15, 0.2) is 77.9 Å². The lowest BCUT2D eigenvalue weighted by atomic mass is 10.0. The van der Waals surface area contributed by atoms with E-state index in [2.05, 4.69) is 21.9 Å². The van der Waals surface area contributed by atoms with Crippen LogP contribution in [0.1, 0.15) is 37.0 Å². The lowest BCUT2D eigenvalue weighted by molar-refractivity contribution is -0.130. The lowest BCUT2D eigenvalue weighted by Crippen LogP contribution is -2.47. The van der Waals surface area contributed by atoms with Crippen molar-refractivity contribution in [2.24, 2.45) is 11.0 Å². The zero-order chi connectivity index (χ0) is 26.6. The molecule has 0 fully saturated rings. The Bertz CT molecular complexity index is 1190. The molecule has 0 heterocycles. The molecule has 2 amide bonds. The highest BCUT2D eigenvalue weighted by Crippen LogP contribution is 2.16. The van der Waals surface area contributed by atoms with Crippen LogP contribution < -0.4 is 20.2 Å². The number of benzene rings is 3. The summed E-state index contributed by atoms with van der Waals surface area (Å²) in [6, 6.07) is 21.5. The third-order valence-electron chi connectivity index (χ3n) is 5.30. The number of nitrogens with one attached hydrogen (secondary N) is 2. The molecule has 3 aromatic carbocycles. The molecular weight excluding hydrogens is 490 g/mol. The zero-order valence-corrected chi connectivity index (χ0v) is 22.0. The molecule has 0 radical (unpaired) electrons. The van der Waals surface area contributed by atoms with Crippen molar-refractivity contribution in [3.8, 4) is 11.5 Å². The quantitative estimate of drug-likeness (QED) is 0.250. The predicted molar refractivity (Wildman–Crippen MR) is 146 cm³/mol. The van der Waals surface area contributed by atoms with E-state index in [4.69, 9.17) is 21.1 Å². The molecule has 7 nitrogen and oxygen atoms in total. The van der Waals surface area contributed by atoms with E-state index in [0.717, 1.165) is 16.9 Å². The maximum absolute atomic E-state index is 12.7. The molecule has 0 aromatic heterocycles. The van der Waals surface area contributed by atoms with Gasteiger partial charge < -0.3 is 14.8 Å². The van der Waals surface area contributed by atoms with E-state index >= 15 is 0 Å². The highest BCUT2D eigenvalue weighted by molar-refractivity contribution is 6.30. The topological polar surface area (TPSA) is 89.0 Å². The van der Waals surface area contributed by atoms with Crippen molar-refractivity contribution < 1.29 is 19.1 Å². The van der Waals surface area contributed by atoms with E-state index < -0.39 is 17.9 Å². The van der Waals surface area contributed by atoms with Crippen LogP contribution >= 0.6 is 11.6 Å². The van der Waals surface area contributed by atoms with E-state index in [1.807, 2.05) is 63.2 Å². The number of rotatable bonds is 12. The van der Waals surface area contributed by atoms with E-state index in [1.54, 1.807) is 30.5 Å². The maximum atomic E-state index is 12.7. The predicted octanol–water partition coefficient (Wildman–Crippen LogP) is 5.29. The number of aryl methyl sites for hydroxylation is 1. The fraction of sp³-hybridized carbons (Fsp3) is 0.276. The third-order valence-corrected chi connectivity index (χ3v) is 5.55. The summed E-state index contributed by atoms with van der Waals surface area (Å²) >= 11 is 5.86. The first-order valence-corrected chi connectivity index (χ1v) is 12.5. The van der Waals surface area contributed by atoms with Gasteiger partial charge in [-0.15, -0.1) is 0 Å². The number of amides is 2. The largest absolute Gasteiger partial charge is 0.489 e. The van der Waals surface area contributed by atoms with Gasteiger partial charge in [-0.1, -0.05) is 55.3 Å². The first-order valence-electron chi connectivity index (χ1n) is 12.1. The SMILES string of the molecule is Cc1cccc(COc2ccc(/C=N\NC(=O)[C@H](CC(C)C)NC(=O)COc3ccc(Cl)cc3)cc2)c1. The van der Waals surface area contributed by atoms with Gasteiger partial charge in [-0.3, -0.25) is 9.59 Å². The van der Waals surface area contributed by atoms with E-state index in [-0.39, 0.29) is 12.5 Å². The Labute approximate surface area is 222 Å². The molecule has 0 aliphatic carbocycles. The van der Waals surface area contributed by atoms with Crippen molar-refractivity contribution in [3.05, 3.63) is 94.5 Å². The maximum Gasteiger partial charge on any atom is 0.262 e. The molecule has 3 rings (SSSR count). The van der Waals surface area contributed by atoms with Gasteiger partial charge in [0.15, 0.2) is 6.61 Å². The summed E-state index contributed by atoms with van der Waals surface area (Å²) < 4.78 is 11.3. The van der Waals surface area contributed by atoms with E-state index in [0.29, 0.717) is 23.8 Å². The third kappa shape index (κ3) is 9.97. The summed E-state index contributed by atoms with van der Waals surface area (Å²) in [5.74, 6) is 0.636. The van der Waals surface area contributed by atoms with Crippen LogP contribution in [-0.4, -0.2) is 30.7 Å². The van der Waals surface area contributed by atoms with Crippen LogP contribution in [0.5, 0.6) is 11.5 Å². The molecule has 3 aromatic rings. The average Bonchev–Trinajstić information content (AvgIpc) is 2.87. The van der Waals surface area contributed by atoms with Crippen molar-refractivity contribution in [2.75, 3.05) is 6.61 Å². The monoisotopic (exact) mass is 521 g/mol. The zero-order valence-electron chi connectivity index (χ0n) is 21.2. The standard InChI is InChI=1S/C29H32ClN3O4/c1-20(2)15-27(32-28(34)19-37-26-13-9-24(30)10-14-26)29(35)33-31-17-22-7-11-25(12-8-22)36-18-23-6-4-5-21(3)16-23/h4-14,16-17,20,27H,15,18-19H2,1-3H3,(H,32,34)(H,33,35)/b31-17-/t27-/m0/s1. The smallest absolute Gasteiger partial charge is 0.262 e. The van der Waals surface area contributed by atoms with Crippen molar-refractivity contribution in [3.63, 3.8) is 0 Å². The number of hydrogen-bond acceptors (Lipinski definition) is 5. The lowest BCUT2D eigenvalue weighted by Gasteiger charge is -2.19. The second kappa shape index (κ2) is 14.0. The number of hydrogen-bond donors (Lipinski definition) is 2. The van der Waals surface area contributed by atoms with E-state index in [9.17, 15) is 9.59 Å². The molecule has 0 unspecified atom stereocenters. The molecule has 37 heavy (non-hydrogen) atoms. The van der Waals surface area contributed by atoms with Gasteiger partial charge in [0.25, 0.3) is 11.8 Å². The summed E-state index contributed by atoms with van der Waals surface area (Å²) in [7, 11) is 0. The molecule has 0 aliphatic rings. The first-order chi connectivity index (χ1) is 17.8. The fourth-order valence-electron chi connectivity index (χ4n) is 3.49. The summed E-state index contributed by atoms with van der Waals surface area (Å²) in [5.41, 5.74) is 5.61. The van der Waals surface area contributed by atoms with Crippen molar-refractivity contribution in [1.82, 2.24) is 10.7 Å². The summed E-state index contributed by atoms with van der Waals surface area (Å²) in [4.78, 5) is 25.1. The Hall–Kier alpha value is -3.84. The Morgan fingerprint density at radius 3 is 2.32 bits per heavy atom. The van der Waals surface area contributed by atoms with Gasteiger partial charge in [0.05, 0.1) is 6.21 Å². The molecule has 8 heteroatoms. The van der Waals surface area contributed by atoms with Crippen LogP contribution in [0.3, 0.4) is 0 Å². The first kappa shape index (κ1) is 27.7. The van der Waals surface area contributed by atoms with Crippen LogP contribution in [0.25, 0.3) is 0 Å². The molecule has 0 spiro atoms. The highest BCUT2D eigenvalue weighted by Gasteiger charge is 2.22. The second-order valence-electron chi connectivity index (χ2n) is 9.07. The summed E-state index contributed by atoms with van der Waals surface area (Å²) in [6.45, 7) is 6.27. The molecule has 1 atom stereocenters. The van der Waals surface area contributed by atoms with Gasteiger partial charge >= 0.3 is 0 Å². The number of nitrogens with zero attached hydrogens (tertiary/aromatic N) is 1. The fourth-order valence-corrected chi connectivity index (χ4v) is 3.61. The molecular formula is C29H32ClN3O4. The summed E-state index contributed by atoms with van der Waals surface area (Å²) in [5, 5.41) is 7.35. The van der Waals surface area contributed by atoms with Crippen molar-refractivity contribution in [1.29, 1.82) is 0 Å². The molecule has 0 saturated carbocycles. The number of carbonyl (C=O) groups is 2. The van der Waals surface area contributed by atoms with Gasteiger partial charge in [-0.05, 0) is 78.9 Å². The molecule has 0 bridgehead atoms. The van der Waals surface area contributed by atoms with Crippen LogP contribution in [-0.2, 0) is 16.2 Å². The summed E-state index contributed by atoms with van der Waals surface area (Å²) in [6.07, 6.45) is 2.00. The minimum atomic E-state index is -0.740. The van der Waals surface area contributed by atoms with Crippen LogP contribution in [0.4, 0.5) is 0 Å². The minimum absolute atomic E-state index is 0.185. The second-order valence-corrected chi connectivity index (χ2v) is 9.51. The average molecular weight is 522 g/mol. The number of ether oxygens (including phenoxy) is 2. The Morgan fingerprint density at radius 2 is 1.65 bits per heavy atom. The molecule has 2 N–H and O–H groups in total. The molecule has 0 saturated heterocycles. The Balaban J connectivity index is 1.48. The normalized spacial score (nSPS) is 11.8. The Morgan fingerprint density at radius 1 is 0.973 bits per heavy atom. The number of carbonyl (C=O) groups excluding carboxylic acids is 2. The van der Waals surface area contributed by atoms with E-state index in [1.165, 1.54) is 5.56 Å². The van der Waals surface area contributed by atoms with Crippen molar-refractivity contribution >= 4 is 29.6 Å². The molecule has 0 aliphatic heterocycles. The van der Waals surface area contributed by atoms with Gasteiger partial charge in [0.2, 0.25) is 0 Å². The minimum Gasteiger partial charge on any atom is -0.489 e. The number of halogens is 1.